The molecule has 3 nitrogen and oxygen atoms in total. The first-order chi connectivity index (χ1) is 10.1. The van der Waals surface area contributed by atoms with E-state index in [2.05, 4.69) is 11.9 Å². The molecular weight excluding hydrogens is 327 g/mol. The molecule has 2 aromatic heterocycles. The number of thiazole rings is 1. The van der Waals surface area contributed by atoms with Crippen molar-refractivity contribution >= 4 is 45.8 Å². The van der Waals surface area contributed by atoms with E-state index in [9.17, 15) is 4.79 Å². The van der Waals surface area contributed by atoms with Gasteiger partial charge in [0.15, 0.2) is 11.2 Å². The standard InChI is InChI=1S/C15H12Cl2N2OS/c1-3-12-8(2)21-15-18-14(13(7-20)19(12)15)10-5-4-9(16)6-11(10)17/h4-7H,3H2,1-2H3. The van der Waals surface area contributed by atoms with E-state index >= 15 is 0 Å². The third-order valence-corrected chi connectivity index (χ3v) is 4.98. The number of hydrogen-bond acceptors (Lipinski definition) is 3. The van der Waals surface area contributed by atoms with E-state index < -0.39 is 0 Å². The quantitative estimate of drug-likeness (QED) is 0.626. The summed E-state index contributed by atoms with van der Waals surface area (Å²) in [6.07, 6.45) is 1.68. The summed E-state index contributed by atoms with van der Waals surface area (Å²) in [6.45, 7) is 4.11. The molecule has 0 N–H and O–H groups in total. The summed E-state index contributed by atoms with van der Waals surface area (Å²) in [6, 6.07) is 5.20. The molecule has 0 fully saturated rings. The third-order valence-electron chi connectivity index (χ3n) is 3.44. The summed E-state index contributed by atoms with van der Waals surface area (Å²) in [5.41, 5.74) is 2.97. The van der Waals surface area contributed by atoms with Gasteiger partial charge < -0.3 is 0 Å². The number of carbonyl (C=O) groups excluding carboxylic acids is 1. The van der Waals surface area contributed by atoms with Gasteiger partial charge in [-0.15, -0.1) is 11.3 Å². The van der Waals surface area contributed by atoms with Crippen molar-refractivity contribution in [1.29, 1.82) is 0 Å². The molecule has 0 unspecified atom stereocenters. The highest BCUT2D eigenvalue weighted by molar-refractivity contribution is 7.17. The largest absolute Gasteiger partial charge is 0.296 e. The van der Waals surface area contributed by atoms with Crippen LogP contribution in [0.3, 0.4) is 0 Å². The molecule has 0 atom stereocenters. The first-order valence-electron chi connectivity index (χ1n) is 6.48. The molecule has 108 valence electrons. The van der Waals surface area contributed by atoms with E-state index in [1.807, 2.05) is 11.3 Å². The first kappa shape index (κ1) is 14.6. The minimum absolute atomic E-state index is 0.492. The van der Waals surface area contributed by atoms with Crippen LogP contribution in [-0.4, -0.2) is 15.7 Å². The number of hydrogen-bond donors (Lipinski definition) is 0. The second-order valence-corrected chi connectivity index (χ2v) is 6.69. The lowest BCUT2D eigenvalue weighted by Crippen LogP contribution is -1.97. The molecule has 3 aromatic rings. The molecule has 21 heavy (non-hydrogen) atoms. The van der Waals surface area contributed by atoms with Crippen LogP contribution in [0.2, 0.25) is 10.0 Å². The predicted molar refractivity (Wildman–Crippen MR) is 88.0 cm³/mol. The van der Waals surface area contributed by atoms with Gasteiger partial charge in [0.2, 0.25) is 0 Å². The maximum atomic E-state index is 11.6. The Morgan fingerprint density at radius 1 is 1.38 bits per heavy atom. The van der Waals surface area contributed by atoms with Gasteiger partial charge in [0.25, 0.3) is 0 Å². The van der Waals surface area contributed by atoms with Crippen LogP contribution < -0.4 is 0 Å². The molecule has 2 heterocycles. The van der Waals surface area contributed by atoms with E-state index in [0.717, 1.165) is 28.9 Å². The lowest BCUT2D eigenvalue weighted by Gasteiger charge is -2.04. The molecule has 0 aliphatic rings. The number of carbonyl (C=O) groups is 1. The van der Waals surface area contributed by atoms with Crippen molar-refractivity contribution in [2.75, 3.05) is 0 Å². The van der Waals surface area contributed by atoms with Crippen LogP contribution in [0.5, 0.6) is 0 Å². The third kappa shape index (κ3) is 2.27. The average molecular weight is 339 g/mol. The lowest BCUT2D eigenvalue weighted by molar-refractivity contribution is 0.111. The van der Waals surface area contributed by atoms with Crippen LogP contribution >= 0.6 is 34.5 Å². The average Bonchev–Trinajstić information content (AvgIpc) is 2.92. The smallest absolute Gasteiger partial charge is 0.195 e. The predicted octanol–water partition coefficient (Wildman–Crippen LogP) is 5.05. The minimum Gasteiger partial charge on any atom is -0.296 e. The van der Waals surface area contributed by atoms with Gasteiger partial charge >= 0.3 is 0 Å². The van der Waals surface area contributed by atoms with E-state index in [4.69, 9.17) is 23.2 Å². The molecule has 3 rings (SSSR count). The molecule has 0 aliphatic heterocycles. The van der Waals surface area contributed by atoms with Crippen molar-refractivity contribution in [3.8, 4) is 11.3 Å². The summed E-state index contributed by atoms with van der Waals surface area (Å²) >= 11 is 13.8. The highest BCUT2D eigenvalue weighted by atomic mass is 35.5. The van der Waals surface area contributed by atoms with Crippen molar-refractivity contribution in [1.82, 2.24) is 9.38 Å². The highest BCUT2D eigenvalue weighted by Gasteiger charge is 2.20. The number of halogens is 2. The van der Waals surface area contributed by atoms with E-state index in [-0.39, 0.29) is 0 Å². The van der Waals surface area contributed by atoms with Crippen LogP contribution in [0.1, 0.15) is 28.0 Å². The monoisotopic (exact) mass is 338 g/mol. The maximum absolute atomic E-state index is 11.6. The van der Waals surface area contributed by atoms with Crippen molar-refractivity contribution in [3.05, 3.63) is 44.5 Å². The van der Waals surface area contributed by atoms with Gasteiger partial charge in [-0.2, -0.15) is 0 Å². The van der Waals surface area contributed by atoms with Gasteiger partial charge in [-0.05, 0) is 31.5 Å². The molecule has 1 aromatic carbocycles. The minimum atomic E-state index is 0.492. The summed E-state index contributed by atoms with van der Waals surface area (Å²) < 4.78 is 1.92. The van der Waals surface area contributed by atoms with E-state index in [0.29, 0.717) is 21.4 Å². The molecule has 6 heteroatoms. The zero-order valence-corrected chi connectivity index (χ0v) is 13.8. The van der Waals surface area contributed by atoms with Gasteiger partial charge in [0, 0.05) is 21.2 Å². The molecule has 0 aliphatic carbocycles. The van der Waals surface area contributed by atoms with Crippen LogP contribution in [0.4, 0.5) is 0 Å². The Morgan fingerprint density at radius 3 is 2.76 bits per heavy atom. The Morgan fingerprint density at radius 2 is 2.14 bits per heavy atom. The lowest BCUT2D eigenvalue weighted by atomic mass is 10.1. The Kier molecular flexibility index (Phi) is 3.78. The zero-order chi connectivity index (χ0) is 15.1. The highest BCUT2D eigenvalue weighted by Crippen LogP contribution is 2.35. The van der Waals surface area contributed by atoms with Crippen molar-refractivity contribution < 1.29 is 4.79 Å². The second-order valence-electron chi connectivity index (χ2n) is 4.66. The van der Waals surface area contributed by atoms with Gasteiger partial charge in [0.1, 0.15) is 11.4 Å². The van der Waals surface area contributed by atoms with Crippen LogP contribution in [0.25, 0.3) is 16.2 Å². The number of aldehydes is 1. The van der Waals surface area contributed by atoms with Crippen molar-refractivity contribution in [3.63, 3.8) is 0 Å². The Hall–Kier alpha value is -1.36. The Bertz CT molecular complexity index is 851. The number of rotatable bonds is 3. The fourth-order valence-corrected chi connectivity index (χ4v) is 4.05. The molecule has 0 saturated heterocycles. The van der Waals surface area contributed by atoms with Crippen molar-refractivity contribution in [2.24, 2.45) is 0 Å². The topological polar surface area (TPSA) is 34.4 Å². The molecule has 0 saturated carbocycles. The maximum Gasteiger partial charge on any atom is 0.195 e. The number of fused-ring (bicyclic) bond motifs is 1. The SMILES string of the molecule is CCc1c(C)sc2nc(-c3ccc(Cl)cc3Cl)c(C=O)n12. The summed E-state index contributed by atoms with van der Waals surface area (Å²) in [5.74, 6) is 0. The summed E-state index contributed by atoms with van der Waals surface area (Å²) in [7, 11) is 0. The van der Waals surface area contributed by atoms with Gasteiger partial charge in [-0.3, -0.25) is 9.20 Å². The molecular formula is C15H12Cl2N2OS. The summed E-state index contributed by atoms with van der Waals surface area (Å²) in [5, 5.41) is 1.05. The van der Waals surface area contributed by atoms with E-state index in [1.54, 1.807) is 29.5 Å². The number of aromatic nitrogens is 2. The first-order valence-corrected chi connectivity index (χ1v) is 8.05. The van der Waals surface area contributed by atoms with Crippen LogP contribution in [-0.2, 0) is 6.42 Å². The molecule has 0 radical (unpaired) electrons. The number of aryl methyl sites for hydroxylation is 2. The Balaban J connectivity index is 2.33. The van der Waals surface area contributed by atoms with Crippen LogP contribution in [0.15, 0.2) is 18.2 Å². The second kappa shape index (κ2) is 5.44. The fraction of sp³-hybridized carbons (Fsp3) is 0.200. The van der Waals surface area contributed by atoms with Gasteiger partial charge in [-0.25, -0.2) is 4.98 Å². The van der Waals surface area contributed by atoms with Crippen molar-refractivity contribution in [2.45, 2.75) is 20.3 Å². The molecule has 0 bridgehead atoms. The summed E-state index contributed by atoms with van der Waals surface area (Å²) in [4.78, 5) is 18.2. The Labute approximate surface area is 136 Å². The molecule has 0 spiro atoms. The number of imidazole rings is 1. The van der Waals surface area contributed by atoms with Crippen LogP contribution in [0, 0.1) is 6.92 Å². The number of nitrogens with zero attached hydrogens (tertiary/aromatic N) is 2. The molecule has 0 amide bonds. The van der Waals surface area contributed by atoms with E-state index in [1.165, 1.54) is 4.88 Å². The number of benzene rings is 1. The normalized spacial score (nSPS) is 11.2. The van der Waals surface area contributed by atoms with Gasteiger partial charge in [0.05, 0.1) is 5.02 Å². The zero-order valence-electron chi connectivity index (χ0n) is 11.5. The fourth-order valence-electron chi connectivity index (χ4n) is 2.49. The van der Waals surface area contributed by atoms with Gasteiger partial charge in [-0.1, -0.05) is 30.1 Å².